The first-order chi connectivity index (χ1) is 15.3. The van der Waals surface area contributed by atoms with Crippen LogP contribution in [-0.4, -0.2) is 56.7 Å². The molecule has 0 bridgehead atoms. The number of rotatable bonds is 7. The van der Waals surface area contributed by atoms with E-state index in [1.54, 1.807) is 0 Å². The second-order valence-electron chi connectivity index (χ2n) is 7.77. The number of aliphatic hydroxyl groups is 1. The number of hydrogen-bond acceptors (Lipinski definition) is 5. The van der Waals surface area contributed by atoms with Gasteiger partial charge < -0.3 is 20.3 Å². The third kappa shape index (κ3) is 4.40. The topological polar surface area (TPSA) is 117 Å². The number of aryl methyl sites for hydroxylation is 1. The zero-order valence-corrected chi connectivity index (χ0v) is 17.6. The van der Waals surface area contributed by atoms with Gasteiger partial charge in [0.05, 0.1) is 0 Å². The lowest BCUT2D eigenvalue weighted by molar-refractivity contribution is -0.272. The van der Waals surface area contributed by atoms with Crippen molar-refractivity contribution >= 4 is 17.8 Å². The van der Waals surface area contributed by atoms with Gasteiger partial charge in [-0.25, -0.2) is 14.2 Å². The summed E-state index contributed by atoms with van der Waals surface area (Å²) in [6.45, 7) is 0.0174. The van der Waals surface area contributed by atoms with Crippen LogP contribution in [0.4, 0.5) is 22.4 Å². The highest BCUT2D eigenvalue weighted by Crippen LogP contribution is 2.40. The average molecular weight is 471 g/mol. The molecule has 0 spiro atoms. The molecule has 2 heterocycles. The van der Waals surface area contributed by atoms with Gasteiger partial charge in [0, 0.05) is 32.4 Å². The van der Waals surface area contributed by atoms with Crippen molar-refractivity contribution in [1.82, 2.24) is 25.1 Å². The standard InChI is InChI=1S/C20H21F4N5O4/c1-18(12-3-5-13(21)6-4-12)16(31)29(17(32)27-18)11-14(30)25-8-7-19(33,20(22,23)24)15-26-9-10-28(15)2/h3-6,9-10,33H,7-8,11H2,1-2H3,(H,25,30)(H,27,32). The average Bonchev–Trinajstić information content (AvgIpc) is 3.25. The van der Waals surface area contributed by atoms with Crippen LogP contribution in [0.3, 0.4) is 0 Å². The molecule has 178 valence electrons. The highest BCUT2D eigenvalue weighted by molar-refractivity contribution is 6.09. The van der Waals surface area contributed by atoms with E-state index >= 15 is 0 Å². The van der Waals surface area contributed by atoms with Crippen LogP contribution in [0.1, 0.15) is 24.7 Å². The fourth-order valence-corrected chi connectivity index (χ4v) is 3.55. The highest BCUT2D eigenvalue weighted by atomic mass is 19.4. The molecule has 1 saturated heterocycles. The molecule has 2 aromatic rings. The van der Waals surface area contributed by atoms with Crippen molar-refractivity contribution in [3.63, 3.8) is 0 Å². The van der Waals surface area contributed by atoms with Gasteiger partial charge in [0.25, 0.3) is 5.91 Å². The minimum absolute atomic E-state index is 0.287. The third-order valence-corrected chi connectivity index (χ3v) is 5.47. The molecule has 3 rings (SSSR count). The third-order valence-electron chi connectivity index (χ3n) is 5.47. The molecule has 2 atom stereocenters. The Morgan fingerprint density at radius 1 is 1.24 bits per heavy atom. The summed E-state index contributed by atoms with van der Waals surface area (Å²) in [6, 6.07) is 3.96. The van der Waals surface area contributed by atoms with E-state index in [-0.39, 0.29) is 5.56 Å². The first-order valence-corrected chi connectivity index (χ1v) is 9.73. The number of hydrogen-bond donors (Lipinski definition) is 3. The summed E-state index contributed by atoms with van der Waals surface area (Å²) in [6.07, 6.45) is -3.68. The van der Waals surface area contributed by atoms with Crippen molar-refractivity contribution in [2.75, 3.05) is 13.1 Å². The van der Waals surface area contributed by atoms with E-state index in [1.807, 2.05) is 0 Å². The molecule has 3 N–H and O–H groups in total. The predicted octanol–water partition coefficient (Wildman–Crippen LogP) is 1.28. The van der Waals surface area contributed by atoms with E-state index in [9.17, 15) is 37.1 Å². The summed E-state index contributed by atoms with van der Waals surface area (Å²) in [4.78, 5) is 41.5. The Hall–Kier alpha value is -3.48. The minimum atomic E-state index is -5.07. The number of halogens is 4. The maximum Gasteiger partial charge on any atom is 0.424 e. The maximum atomic E-state index is 13.5. The highest BCUT2D eigenvalue weighted by Gasteiger charge is 2.57. The summed E-state index contributed by atoms with van der Waals surface area (Å²) in [7, 11) is 1.29. The number of amides is 4. The van der Waals surface area contributed by atoms with Crippen LogP contribution in [0.25, 0.3) is 0 Å². The van der Waals surface area contributed by atoms with Gasteiger partial charge in [0.15, 0.2) is 0 Å². The lowest BCUT2D eigenvalue weighted by Gasteiger charge is -2.30. The fourth-order valence-electron chi connectivity index (χ4n) is 3.55. The molecule has 0 saturated carbocycles. The lowest BCUT2D eigenvalue weighted by atomic mass is 9.92. The number of nitrogens with one attached hydrogen (secondary N) is 2. The molecule has 1 aliphatic heterocycles. The van der Waals surface area contributed by atoms with E-state index in [0.717, 1.165) is 22.9 Å². The molecule has 0 aliphatic carbocycles. The van der Waals surface area contributed by atoms with Gasteiger partial charge in [-0.1, -0.05) is 12.1 Å². The molecule has 1 aliphatic rings. The largest absolute Gasteiger partial charge is 0.424 e. The van der Waals surface area contributed by atoms with Gasteiger partial charge in [0.2, 0.25) is 11.5 Å². The monoisotopic (exact) mass is 471 g/mol. The molecule has 1 fully saturated rings. The Morgan fingerprint density at radius 2 is 1.88 bits per heavy atom. The molecular formula is C20H21F4N5O4. The number of aromatic nitrogens is 2. The number of imidazole rings is 1. The van der Waals surface area contributed by atoms with E-state index in [2.05, 4.69) is 15.6 Å². The van der Waals surface area contributed by atoms with E-state index in [0.29, 0.717) is 4.90 Å². The first-order valence-electron chi connectivity index (χ1n) is 9.73. The SMILES string of the molecule is Cn1ccnc1C(O)(CCNC(=O)CN1C(=O)NC(C)(c2ccc(F)cc2)C1=O)C(F)(F)F. The van der Waals surface area contributed by atoms with Crippen LogP contribution in [0.15, 0.2) is 36.7 Å². The number of alkyl halides is 3. The number of urea groups is 1. The second kappa shape index (κ2) is 8.46. The van der Waals surface area contributed by atoms with Crippen LogP contribution in [0.5, 0.6) is 0 Å². The van der Waals surface area contributed by atoms with E-state index in [4.69, 9.17) is 0 Å². The fraction of sp³-hybridized carbons (Fsp3) is 0.400. The normalized spacial score (nSPS) is 20.5. The molecule has 33 heavy (non-hydrogen) atoms. The number of benzene rings is 1. The van der Waals surface area contributed by atoms with Crippen molar-refractivity contribution in [3.8, 4) is 0 Å². The maximum absolute atomic E-state index is 13.5. The van der Waals surface area contributed by atoms with Crippen molar-refractivity contribution in [1.29, 1.82) is 0 Å². The van der Waals surface area contributed by atoms with Crippen LogP contribution < -0.4 is 10.6 Å². The Morgan fingerprint density at radius 3 is 2.42 bits per heavy atom. The Balaban J connectivity index is 1.65. The first kappa shape index (κ1) is 24.2. The quantitative estimate of drug-likeness (QED) is 0.416. The summed E-state index contributed by atoms with van der Waals surface area (Å²) < 4.78 is 54.8. The molecule has 4 amide bonds. The van der Waals surface area contributed by atoms with Crippen LogP contribution >= 0.6 is 0 Å². The Kier molecular flexibility index (Phi) is 6.20. The van der Waals surface area contributed by atoms with Crippen molar-refractivity contribution in [2.45, 2.75) is 30.7 Å². The van der Waals surface area contributed by atoms with Gasteiger partial charge in [-0.2, -0.15) is 13.2 Å². The number of nitrogens with zero attached hydrogens (tertiary/aromatic N) is 3. The molecular weight excluding hydrogens is 450 g/mol. The number of carbonyl (C=O) groups is 3. The van der Waals surface area contributed by atoms with Gasteiger partial charge >= 0.3 is 12.2 Å². The van der Waals surface area contributed by atoms with Gasteiger partial charge in [0.1, 0.15) is 23.7 Å². The van der Waals surface area contributed by atoms with E-state index in [1.165, 1.54) is 32.3 Å². The molecule has 2 unspecified atom stereocenters. The second-order valence-corrected chi connectivity index (χ2v) is 7.77. The Labute approximate surface area is 185 Å². The van der Waals surface area contributed by atoms with Crippen LogP contribution in [0, 0.1) is 5.82 Å². The molecule has 1 aromatic carbocycles. The lowest BCUT2D eigenvalue weighted by Crippen LogP contribution is -2.48. The minimum Gasteiger partial charge on any atom is -0.374 e. The molecule has 9 nitrogen and oxygen atoms in total. The Bertz CT molecular complexity index is 1070. The summed E-state index contributed by atoms with van der Waals surface area (Å²) in [5.41, 5.74) is -4.57. The summed E-state index contributed by atoms with van der Waals surface area (Å²) in [5, 5.41) is 14.9. The number of imide groups is 1. The van der Waals surface area contributed by atoms with Gasteiger partial charge in [-0.05, 0) is 24.6 Å². The van der Waals surface area contributed by atoms with E-state index < -0.39 is 66.3 Å². The number of carbonyl (C=O) groups excluding carboxylic acids is 3. The predicted molar refractivity (Wildman–Crippen MR) is 105 cm³/mol. The van der Waals surface area contributed by atoms with Gasteiger partial charge in [-0.3, -0.25) is 14.5 Å². The van der Waals surface area contributed by atoms with Crippen molar-refractivity contribution < 1.29 is 37.1 Å². The zero-order valence-electron chi connectivity index (χ0n) is 17.6. The van der Waals surface area contributed by atoms with Crippen molar-refractivity contribution in [2.24, 2.45) is 7.05 Å². The van der Waals surface area contributed by atoms with Crippen LogP contribution in [0.2, 0.25) is 0 Å². The molecule has 0 radical (unpaired) electrons. The summed E-state index contributed by atoms with van der Waals surface area (Å²) in [5.74, 6) is -2.88. The van der Waals surface area contributed by atoms with Crippen LogP contribution in [-0.2, 0) is 27.8 Å². The van der Waals surface area contributed by atoms with Crippen molar-refractivity contribution in [3.05, 3.63) is 53.9 Å². The smallest absolute Gasteiger partial charge is 0.374 e. The van der Waals surface area contributed by atoms with Gasteiger partial charge in [-0.15, -0.1) is 0 Å². The molecule has 1 aromatic heterocycles. The summed E-state index contributed by atoms with van der Waals surface area (Å²) >= 11 is 0. The zero-order chi connectivity index (χ0) is 24.6. The molecule has 13 heteroatoms.